The molecule has 0 unspecified atom stereocenters. The first-order chi connectivity index (χ1) is 8.50. The summed E-state index contributed by atoms with van der Waals surface area (Å²) in [4.78, 5) is 22.4. The molecule has 0 aliphatic heterocycles. The predicted molar refractivity (Wildman–Crippen MR) is 71.0 cm³/mol. The summed E-state index contributed by atoms with van der Waals surface area (Å²) in [5.74, 6) is -0.500. The summed E-state index contributed by atoms with van der Waals surface area (Å²) in [5, 5.41) is 2.77. The zero-order valence-corrected chi connectivity index (χ0v) is 10.5. The maximum absolute atomic E-state index is 11.8. The Labute approximate surface area is 107 Å². The molecule has 1 aromatic carbocycles. The largest absolute Gasteiger partial charge is 0.398 e. The van der Waals surface area contributed by atoms with E-state index in [4.69, 9.17) is 11.5 Å². The summed E-state index contributed by atoms with van der Waals surface area (Å²) in [7, 11) is 0. The van der Waals surface area contributed by atoms with E-state index in [1.54, 1.807) is 12.1 Å². The van der Waals surface area contributed by atoms with Gasteiger partial charge in [-0.25, -0.2) is 0 Å². The van der Waals surface area contributed by atoms with Gasteiger partial charge in [0.1, 0.15) is 0 Å². The standard InChI is InChI=1S/C13H19N3O2/c1-9-5-6-11(14)10(8-9)13(18)16-7-3-2-4-12(15)17/h5-6,8H,2-4,7,14H2,1H3,(H2,15,17)(H,16,18). The SMILES string of the molecule is Cc1ccc(N)c(C(=O)NCCCCC(N)=O)c1. The first-order valence-electron chi connectivity index (χ1n) is 5.93. The molecule has 0 saturated heterocycles. The van der Waals surface area contributed by atoms with E-state index in [-0.39, 0.29) is 11.8 Å². The quantitative estimate of drug-likeness (QED) is 0.517. The monoisotopic (exact) mass is 249 g/mol. The third-order valence-electron chi connectivity index (χ3n) is 2.59. The van der Waals surface area contributed by atoms with Crippen LogP contribution in [0.2, 0.25) is 0 Å². The van der Waals surface area contributed by atoms with Crippen LogP contribution in [0.15, 0.2) is 18.2 Å². The first kappa shape index (κ1) is 14.0. The Hall–Kier alpha value is -2.04. The molecule has 2 amide bonds. The molecule has 0 aliphatic rings. The summed E-state index contributed by atoms with van der Waals surface area (Å²) in [6.07, 6.45) is 1.75. The predicted octanol–water partition coefficient (Wildman–Crippen LogP) is 0.963. The van der Waals surface area contributed by atoms with Crippen molar-refractivity contribution < 1.29 is 9.59 Å². The average molecular weight is 249 g/mol. The highest BCUT2D eigenvalue weighted by Crippen LogP contribution is 2.13. The second-order valence-corrected chi connectivity index (χ2v) is 4.27. The maximum Gasteiger partial charge on any atom is 0.253 e. The van der Waals surface area contributed by atoms with Crippen molar-refractivity contribution in [2.24, 2.45) is 5.73 Å². The lowest BCUT2D eigenvalue weighted by Crippen LogP contribution is -2.25. The highest BCUT2D eigenvalue weighted by molar-refractivity contribution is 5.99. The number of carbonyl (C=O) groups is 2. The van der Waals surface area contributed by atoms with E-state index in [0.717, 1.165) is 12.0 Å². The van der Waals surface area contributed by atoms with Gasteiger partial charge in [-0.05, 0) is 31.9 Å². The summed E-state index contributed by atoms with van der Waals surface area (Å²) in [5.41, 5.74) is 12.7. The topological polar surface area (TPSA) is 98.2 Å². The lowest BCUT2D eigenvalue weighted by atomic mass is 10.1. The Bertz CT molecular complexity index is 444. The van der Waals surface area contributed by atoms with Crippen molar-refractivity contribution in [1.29, 1.82) is 0 Å². The lowest BCUT2D eigenvalue weighted by molar-refractivity contribution is -0.118. The van der Waals surface area contributed by atoms with E-state index in [1.807, 2.05) is 13.0 Å². The Morgan fingerprint density at radius 2 is 2.00 bits per heavy atom. The van der Waals surface area contributed by atoms with Gasteiger partial charge >= 0.3 is 0 Å². The van der Waals surface area contributed by atoms with Crippen molar-refractivity contribution in [2.45, 2.75) is 26.2 Å². The molecule has 0 bridgehead atoms. The number of carbonyl (C=O) groups excluding carboxylic acids is 2. The molecule has 0 saturated carbocycles. The van der Waals surface area contributed by atoms with Gasteiger partial charge in [0.15, 0.2) is 0 Å². The number of anilines is 1. The van der Waals surface area contributed by atoms with Gasteiger partial charge in [-0.1, -0.05) is 11.6 Å². The Balaban J connectivity index is 2.41. The Morgan fingerprint density at radius 1 is 1.28 bits per heavy atom. The van der Waals surface area contributed by atoms with Gasteiger partial charge in [0.05, 0.1) is 5.56 Å². The highest BCUT2D eigenvalue weighted by atomic mass is 16.2. The molecular formula is C13H19N3O2. The van der Waals surface area contributed by atoms with Crippen LogP contribution in [-0.4, -0.2) is 18.4 Å². The van der Waals surface area contributed by atoms with Gasteiger partial charge in [0, 0.05) is 18.7 Å². The summed E-state index contributed by atoms with van der Waals surface area (Å²) >= 11 is 0. The van der Waals surface area contributed by atoms with E-state index in [0.29, 0.717) is 30.6 Å². The van der Waals surface area contributed by atoms with E-state index < -0.39 is 0 Å². The zero-order chi connectivity index (χ0) is 13.5. The van der Waals surface area contributed by atoms with Crippen LogP contribution < -0.4 is 16.8 Å². The molecule has 5 heteroatoms. The number of nitrogens with one attached hydrogen (secondary N) is 1. The van der Waals surface area contributed by atoms with Gasteiger partial charge in [-0.2, -0.15) is 0 Å². The second kappa shape index (κ2) is 6.64. The fraction of sp³-hybridized carbons (Fsp3) is 0.385. The number of nitrogens with two attached hydrogens (primary N) is 2. The van der Waals surface area contributed by atoms with Crippen molar-refractivity contribution in [3.8, 4) is 0 Å². The van der Waals surface area contributed by atoms with Crippen molar-refractivity contribution in [3.63, 3.8) is 0 Å². The van der Waals surface area contributed by atoms with Gasteiger partial charge in [0.25, 0.3) is 5.91 Å². The molecule has 1 rings (SSSR count). The summed E-state index contributed by atoms with van der Waals surface area (Å²) < 4.78 is 0. The fourth-order valence-corrected chi connectivity index (χ4v) is 1.59. The van der Waals surface area contributed by atoms with Crippen LogP contribution in [0.4, 0.5) is 5.69 Å². The van der Waals surface area contributed by atoms with Crippen LogP contribution in [0.5, 0.6) is 0 Å². The zero-order valence-electron chi connectivity index (χ0n) is 10.5. The molecule has 5 N–H and O–H groups in total. The molecule has 18 heavy (non-hydrogen) atoms. The molecule has 0 spiro atoms. The first-order valence-corrected chi connectivity index (χ1v) is 5.93. The normalized spacial score (nSPS) is 10.1. The van der Waals surface area contributed by atoms with Crippen molar-refractivity contribution in [2.75, 3.05) is 12.3 Å². The number of benzene rings is 1. The molecule has 0 fully saturated rings. The summed E-state index contributed by atoms with van der Waals surface area (Å²) in [6, 6.07) is 5.34. The molecule has 1 aromatic rings. The van der Waals surface area contributed by atoms with E-state index in [9.17, 15) is 9.59 Å². The molecule has 0 heterocycles. The van der Waals surface area contributed by atoms with Crippen LogP contribution >= 0.6 is 0 Å². The smallest absolute Gasteiger partial charge is 0.253 e. The third kappa shape index (κ3) is 4.45. The van der Waals surface area contributed by atoms with Crippen LogP contribution in [0.25, 0.3) is 0 Å². The number of amides is 2. The minimum Gasteiger partial charge on any atom is -0.398 e. The van der Waals surface area contributed by atoms with Crippen molar-refractivity contribution in [3.05, 3.63) is 29.3 Å². The van der Waals surface area contributed by atoms with Gasteiger partial charge in [-0.3, -0.25) is 9.59 Å². The number of hydrogen-bond acceptors (Lipinski definition) is 3. The number of nitrogen functional groups attached to an aromatic ring is 1. The number of rotatable bonds is 6. The molecule has 0 radical (unpaired) electrons. The fourth-order valence-electron chi connectivity index (χ4n) is 1.59. The van der Waals surface area contributed by atoms with E-state index in [1.165, 1.54) is 0 Å². The van der Waals surface area contributed by atoms with E-state index in [2.05, 4.69) is 5.32 Å². The molecule has 98 valence electrons. The van der Waals surface area contributed by atoms with Crippen LogP contribution in [0.3, 0.4) is 0 Å². The van der Waals surface area contributed by atoms with Gasteiger partial charge in [-0.15, -0.1) is 0 Å². The van der Waals surface area contributed by atoms with Crippen LogP contribution in [0, 0.1) is 6.92 Å². The minimum atomic E-state index is -0.316. The Morgan fingerprint density at radius 3 is 2.67 bits per heavy atom. The van der Waals surface area contributed by atoms with Gasteiger partial charge < -0.3 is 16.8 Å². The van der Waals surface area contributed by atoms with Crippen LogP contribution in [0.1, 0.15) is 35.2 Å². The third-order valence-corrected chi connectivity index (χ3v) is 2.59. The Kier molecular flexibility index (Phi) is 5.17. The number of hydrogen-bond donors (Lipinski definition) is 3. The van der Waals surface area contributed by atoms with Crippen molar-refractivity contribution in [1.82, 2.24) is 5.32 Å². The molecule has 0 atom stereocenters. The second-order valence-electron chi connectivity index (χ2n) is 4.27. The van der Waals surface area contributed by atoms with Gasteiger partial charge in [0.2, 0.25) is 5.91 Å². The minimum absolute atomic E-state index is 0.185. The maximum atomic E-state index is 11.8. The summed E-state index contributed by atoms with van der Waals surface area (Å²) in [6.45, 7) is 2.42. The number of unbranched alkanes of at least 4 members (excludes halogenated alkanes) is 1. The highest BCUT2D eigenvalue weighted by Gasteiger charge is 2.08. The molecular weight excluding hydrogens is 230 g/mol. The van der Waals surface area contributed by atoms with Crippen LogP contribution in [-0.2, 0) is 4.79 Å². The average Bonchev–Trinajstić information content (AvgIpc) is 2.31. The molecule has 0 aliphatic carbocycles. The van der Waals surface area contributed by atoms with Crippen molar-refractivity contribution >= 4 is 17.5 Å². The van der Waals surface area contributed by atoms with E-state index >= 15 is 0 Å². The molecule has 5 nitrogen and oxygen atoms in total. The lowest BCUT2D eigenvalue weighted by Gasteiger charge is -2.08. The number of aryl methyl sites for hydroxylation is 1. The molecule has 0 aromatic heterocycles. The number of primary amides is 1.